The number of carbonyl (C=O) groups is 3. The summed E-state index contributed by atoms with van der Waals surface area (Å²) in [6.07, 6.45) is 0.925. The number of anilines is 1. The molecule has 11 heteroatoms. The highest BCUT2D eigenvalue weighted by atomic mass is 35.5. The summed E-state index contributed by atoms with van der Waals surface area (Å²) in [7, 11) is 0. The van der Waals surface area contributed by atoms with Gasteiger partial charge in [0.2, 0.25) is 0 Å². The van der Waals surface area contributed by atoms with Gasteiger partial charge in [0.05, 0.1) is 19.3 Å². The van der Waals surface area contributed by atoms with Gasteiger partial charge in [-0.25, -0.2) is 0 Å². The van der Waals surface area contributed by atoms with Gasteiger partial charge in [-0.3, -0.25) is 19.3 Å². The Morgan fingerprint density at radius 1 is 0.977 bits per heavy atom. The molecule has 0 unspecified atom stereocenters. The second-order valence-corrected chi connectivity index (χ2v) is 13.2. The normalized spacial score (nSPS) is 14.6. The molecule has 0 bridgehead atoms. The van der Waals surface area contributed by atoms with E-state index in [-0.39, 0.29) is 31.1 Å². The van der Waals surface area contributed by atoms with Gasteiger partial charge in [-0.2, -0.15) is 0 Å². The quantitative estimate of drug-likeness (QED) is 0.212. The first-order chi connectivity index (χ1) is 21.1. The van der Waals surface area contributed by atoms with Gasteiger partial charge in [0, 0.05) is 67.8 Å². The fourth-order valence-electron chi connectivity index (χ4n) is 4.72. The number of nitrogens with two attached hydrogens (primary N) is 1. The molecule has 0 radical (unpaired) electrons. The largest absolute Gasteiger partial charge is 0.464 e. The number of ether oxygens (including phenoxy) is 2. The van der Waals surface area contributed by atoms with E-state index < -0.39 is 17.1 Å². The molecule has 1 aliphatic rings. The fraction of sp³-hybridized carbons (Fsp3) is 0.545. The van der Waals surface area contributed by atoms with Crippen molar-refractivity contribution in [3.05, 3.63) is 64.7 Å². The molecule has 44 heavy (non-hydrogen) atoms. The lowest BCUT2D eigenvalue weighted by Crippen LogP contribution is -2.49. The third-order valence-electron chi connectivity index (χ3n) is 7.15. The van der Waals surface area contributed by atoms with Gasteiger partial charge in [-0.1, -0.05) is 37.6 Å². The molecule has 2 aromatic rings. The summed E-state index contributed by atoms with van der Waals surface area (Å²) in [5, 5.41) is -0.311. The Labute approximate surface area is 271 Å². The fourth-order valence-corrected chi connectivity index (χ4v) is 5.69. The molecule has 1 aliphatic heterocycles. The van der Waals surface area contributed by atoms with Gasteiger partial charge >= 0.3 is 5.97 Å². The second kappa shape index (κ2) is 18.4. The van der Waals surface area contributed by atoms with Crippen LogP contribution >= 0.6 is 23.4 Å². The molecule has 0 saturated carbocycles. The van der Waals surface area contributed by atoms with Crippen molar-refractivity contribution < 1.29 is 23.9 Å². The number of halogens is 1. The molecule has 0 spiro atoms. The van der Waals surface area contributed by atoms with E-state index in [2.05, 4.69) is 17.0 Å². The number of esters is 1. The van der Waals surface area contributed by atoms with E-state index in [1.807, 2.05) is 44.7 Å². The Morgan fingerprint density at radius 3 is 2.23 bits per heavy atom. The highest BCUT2D eigenvalue weighted by molar-refractivity contribution is 8.01. The van der Waals surface area contributed by atoms with Gasteiger partial charge in [-0.15, -0.1) is 11.8 Å². The molecular formula is C33H47ClN4O5S. The van der Waals surface area contributed by atoms with E-state index in [9.17, 15) is 14.4 Å². The van der Waals surface area contributed by atoms with Crippen LogP contribution in [0, 0.1) is 5.92 Å². The van der Waals surface area contributed by atoms with Crippen LogP contribution in [-0.2, 0) is 25.5 Å². The molecule has 1 atom stereocenters. The lowest BCUT2D eigenvalue weighted by molar-refractivity contribution is -0.146. The van der Waals surface area contributed by atoms with E-state index in [1.54, 1.807) is 29.2 Å². The van der Waals surface area contributed by atoms with Gasteiger partial charge < -0.3 is 25.0 Å². The molecule has 1 fully saturated rings. The monoisotopic (exact) mass is 646 g/mol. The lowest BCUT2D eigenvalue weighted by Gasteiger charge is -2.35. The summed E-state index contributed by atoms with van der Waals surface area (Å²) in [5.74, 6) is -0.420. The van der Waals surface area contributed by atoms with Crippen molar-refractivity contribution in [2.75, 3.05) is 69.7 Å². The zero-order chi connectivity index (χ0) is 32.1. The van der Waals surface area contributed by atoms with Crippen molar-refractivity contribution >= 4 is 46.8 Å². The van der Waals surface area contributed by atoms with Crippen molar-refractivity contribution in [2.24, 2.45) is 11.7 Å². The molecule has 2 amide bonds. The predicted molar refractivity (Wildman–Crippen MR) is 178 cm³/mol. The number of benzene rings is 2. The van der Waals surface area contributed by atoms with Gasteiger partial charge in [0.25, 0.3) is 11.8 Å². The summed E-state index contributed by atoms with van der Waals surface area (Å²) in [6.45, 7) is 12.7. The van der Waals surface area contributed by atoms with Crippen molar-refractivity contribution in [3.8, 4) is 0 Å². The Hall–Kier alpha value is -2.63. The van der Waals surface area contributed by atoms with Gasteiger partial charge in [-0.05, 0) is 68.1 Å². The SMILES string of the molecule is CC(C)COC(=O)[C@H](SCCN)C(=O)N(CCOC(C)C)c1ccc(C(=O)N2CCN(CCc3ccc(Cl)cc3)CC2)cc1. The van der Waals surface area contributed by atoms with Crippen LogP contribution in [0.15, 0.2) is 48.5 Å². The molecule has 9 nitrogen and oxygen atoms in total. The van der Waals surface area contributed by atoms with E-state index in [0.29, 0.717) is 43.2 Å². The molecule has 0 aromatic heterocycles. The molecule has 1 saturated heterocycles. The maximum atomic E-state index is 13.8. The number of nitrogens with zero attached hydrogens (tertiary/aromatic N) is 3. The lowest BCUT2D eigenvalue weighted by atomic mass is 10.1. The number of amides is 2. The Bertz CT molecular complexity index is 1190. The first-order valence-corrected chi connectivity index (χ1v) is 16.8. The smallest absolute Gasteiger partial charge is 0.328 e. The van der Waals surface area contributed by atoms with Crippen molar-refractivity contribution in [2.45, 2.75) is 45.5 Å². The van der Waals surface area contributed by atoms with Crippen LogP contribution in [0.3, 0.4) is 0 Å². The number of thioether (sulfide) groups is 1. The molecular weight excluding hydrogens is 600 g/mol. The number of carbonyl (C=O) groups excluding carboxylic acids is 3. The van der Waals surface area contributed by atoms with Crippen LogP contribution in [0.1, 0.15) is 43.6 Å². The maximum absolute atomic E-state index is 13.8. The zero-order valence-electron chi connectivity index (χ0n) is 26.4. The first kappa shape index (κ1) is 35.8. The van der Waals surface area contributed by atoms with E-state index in [0.717, 1.165) is 31.1 Å². The molecule has 1 heterocycles. The zero-order valence-corrected chi connectivity index (χ0v) is 27.9. The molecule has 0 aliphatic carbocycles. The van der Waals surface area contributed by atoms with Crippen LogP contribution in [0.4, 0.5) is 5.69 Å². The minimum atomic E-state index is -1.05. The van der Waals surface area contributed by atoms with E-state index >= 15 is 0 Å². The van der Waals surface area contributed by atoms with Crippen LogP contribution < -0.4 is 10.6 Å². The van der Waals surface area contributed by atoms with E-state index in [4.69, 9.17) is 26.8 Å². The highest BCUT2D eigenvalue weighted by Gasteiger charge is 2.33. The minimum Gasteiger partial charge on any atom is -0.464 e. The molecule has 242 valence electrons. The molecule has 2 N–H and O–H groups in total. The number of hydrogen-bond donors (Lipinski definition) is 1. The summed E-state index contributed by atoms with van der Waals surface area (Å²) in [6, 6.07) is 14.9. The van der Waals surface area contributed by atoms with E-state index in [1.165, 1.54) is 17.3 Å². The van der Waals surface area contributed by atoms with Crippen LogP contribution in [0.25, 0.3) is 0 Å². The average molecular weight is 647 g/mol. The van der Waals surface area contributed by atoms with Crippen molar-refractivity contribution in [3.63, 3.8) is 0 Å². The Kier molecular flexibility index (Phi) is 15.0. The molecule has 2 aromatic carbocycles. The summed E-state index contributed by atoms with van der Waals surface area (Å²) in [4.78, 5) is 45.9. The first-order valence-electron chi connectivity index (χ1n) is 15.4. The third kappa shape index (κ3) is 11.4. The van der Waals surface area contributed by atoms with Gasteiger partial charge in [0.1, 0.15) is 0 Å². The van der Waals surface area contributed by atoms with Crippen molar-refractivity contribution in [1.82, 2.24) is 9.80 Å². The van der Waals surface area contributed by atoms with Crippen LogP contribution in [0.2, 0.25) is 5.02 Å². The summed E-state index contributed by atoms with van der Waals surface area (Å²) in [5.41, 5.74) is 8.08. The maximum Gasteiger partial charge on any atom is 0.328 e. The Morgan fingerprint density at radius 2 is 1.64 bits per heavy atom. The molecule has 3 rings (SSSR count). The Balaban J connectivity index is 1.65. The van der Waals surface area contributed by atoms with Crippen LogP contribution in [-0.4, -0.2) is 104 Å². The standard InChI is InChI=1S/C33H47ClN4O5S/c1-24(2)23-43-33(41)30(44-22-14-35)32(40)38(20-21-42-25(3)4)29-11-7-27(8-12-29)31(39)37-18-16-36(17-19-37)15-13-26-5-9-28(34)10-6-26/h5-12,24-25,30H,13-23,35H2,1-4H3/t30-/m1/s1. The summed E-state index contributed by atoms with van der Waals surface area (Å²) < 4.78 is 11.2. The number of piperazine rings is 1. The topological polar surface area (TPSA) is 105 Å². The predicted octanol–water partition coefficient (Wildman–Crippen LogP) is 4.36. The average Bonchev–Trinajstić information content (AvgIpc) is 3.02. The van der Waals surface area contributed by atoms with Crippen molar-refractivity contribution in [1.29, 1.82) is 0 Å². The third-order valence-corrected chi connectivity index (χ3v) is 8.60. The number of hydrogen-bond acceptors (Lipinski definition) is 8. The van der Waals surface area contributed by atoms with Gasteiger partial charge in [0.15, 0.2) is 5.25 Å². The summed E-state index contributed by atoms with van der Waals surface area (Å²) >= 11 is 7.17. The number of rotatable bonds is 16. The second-order valence-electron chi connectivity index (χ2n) is 11.5. The van der Waals surface area contributed by atoms with Crippen LogP contribution in [0.5, 0.6) is 0 Å². The highest BCUT2D eigenvalue weighted by Crippen LogP contribution is 2.23. The minimum absolute atomic E-state index is 0.0109.